The number of nitrogens with zero attached hydrogens (tertiary/aromatic N) is 3. The molecular formula is C23H26BrN3O5. The summed E-state index contributed by atoms with van der Waals surface area (Å²) in [6, 6.07) is 11.2. The first-order valence-electron chi connectivity index (χ1n) is 10.0. The first-order valence-corrected chi connectivity index (χ1v) is 10.8. The first kappa shape index (κ1) is 23.6. The lowest BCUT2D eigenvalue weighted by atomic mass is 10.0. The van der Waals surface area contributed by atoms with Gasteiger partial charge in [0, 0.05) is 12.6 Å². The summed E-state index contributed by atoms with van der Waals surface area (Å²) in [4.78, 5) is 14.0. The third-order valence-electron chi connectivity index (χ3n) is 4.87. The maximum Gasteiger partial charge on any atom is 0.260 e. The predicted molar refractivity (Wildman–Crippen MR) is 123 cm³/mol. The highest BCUT2D eigenvalue weighted by Crippen LogP contribution is 2.32. The fourth-order valence-corrected chi connectivity index (χ4v) is 3.45. The van der Waals surface area contributed by atoms with Crippen molar-refractivity contribution in [1.29, 1.82) is 0 Å². The Morgan fingerprint density at radius 3 is 2.44 bits per heavy atom. The maximum atomic E-state index is 12.5. The lowest BCUT2D eigenvalue weighted by Crippen LogP contribution is -2.31. The van der Waals surface area contributed by atoms with Gasteiger partial charge >= 0.3 is 0 Å². The molecule has 0 unspecified atom stereocenters. The van der Waals surface area contributed by atoms with Crippen molar-refractivity contribution in [1.82, 2.24) is 15.1 Å². The molecule has 1 amide bonds. The summed E-state index contributed by atoms with van der Waals surface area (Å²) in [6.45, 7) is 4.30. The van der Waals surface area contributed by atoms with Crippen LogP contribution in [0.3, 0.4) is 0 Å². The van der Waals surface area contributed by atoms with E-state index in [2.05, 4.69) is 40.0 Å². The lowest BCUT2D eigenvalue weighted by molar-refractivity contribution is -0.132. The molecule has 0 radical (unpaired) electrons. The number of amides is 1. The predicted octanol–water partition coefficient (Wildman–Crippen LogP) is 4.68. The standard InChI is InChI=1S/C23H26BrN3O5/c1-14(2)15-6-8-18(17(24)10-15)31-13-22(28)27(3)12-21-25-26-23(32-21)16-7-9-19(29-4)20(11-16)30-5/h6-11,14H,12-13H2,1-5H3. The topological polar surface area (TPSA) is 86.9 Å². The van der Waals surface area contributed by atoms with Gasteiger partial charge in [0.2, 0.25) is 11.8 Å². The minimum atomic E-state index is -0.212. The molecule has 1 aromatic heterocycles. The summed E-state index contributed by atoms with van der Waals surface area (Å²) in [6.07, 6.45) is 0. The smallest absolute Gasteiger partial charge is 0.260 e. The van der Waals surface area contributed by atoms with E-state index >= 15 is 0 Å². The van der Waals surface area contributed by atoms with Gasteiger partial charge < -0.3 is 23.5 Å². The second-order valence-electron chi connectivity index (χ2n) is 7.45. The number of carbonyl (C=O) groups excluding carboxylic acids is 1. The molecule has 0 spiro atoms. The van der Waals surface area contributed by atoms with Crippen molar-refractivity contribution < 1.29 is 23.4 Å². The van der Waals surface area contributed by atoms with E-state index in [0.29, 0.717) is 40.5 Å². The fourth-order valence-electron chi connectivity index (χ4n) is 2.94. The van der Waals surface area contributed by atoms with E-state index in [-0.39, 0.29) is 19.1 Å². The zero-order valence-electron chi connectivity index (χ0n) is 18.7. The Morgan fingerprint density at radius 2 is 1.78 bits per heavy atom. The molecule has 0 aliphatic carbocycles. The van der Waals surface area contributed by atoms with Gasteiger partial charge in [0.1, 0.15) is 5.75 Å². The summed E-state index contributed by atoms with van der Waals surface area (Å²) in [5.41, 5.74) is 1.88. The van der Waals surface area contributed by atoms with Crippen LogP contribution in [0.5, 0.6) is 17.2 Å². The summed E-state index contributed by atoms with van der Waals surface area (Å²) >= 11 is 3.50. The average Bonchev–Trinajstić information content (AvgIpc) is 3.25. The van der Waals surface area contributed by atoms with Crippen molar-refractivity contribution >= 4 is 21.8 Å². The van der Waals surface area contributed by atoms with Crippen LogP contribution in [0, 0.1) is 0 Å². The third-order valence-corrected chi connectivity index (χ3v) is 5.49. The summed E-state index contributed by atoms with van der Waals surface area (Å²) in [7, 11) is 4.78. The normalized spacial score (nSPS) is 10.8. The Kier molecular flexibility index (Phi) is 7.74. The summed E-state index contributed by atoms with van der Waals surface area (Å²) < 4.78 is 22.8. The van der Waals surface area contributed by atoms with Crippen molar-refractivity contribution in [2.24, 2.45) is 0 Å². The maximum absolute atomic E-state index is 12.5. The van der Waals surface area contributed by atoms with Gasteiger partial charge in [-0.1, -0.05) is 19.9 Å². The molecule has 0 saturated carbocycles. The highest BCUT2D eigenvalue weighted by atomic mass is 79.9. The Labute approximate surface area is 195 Å². The van der Waals surface area contributed by atoms with Crippen LogP contribution in [0.15, 0.2) is 45.3 Å². The van der Waals surface area contributed by atoms with Crippen LogP contribution in [0.4, 0.5) is 0 Å². The molecule has 0 N–H and O–H groups in total. The molecule has 0 aliphatic heterocycles. The Bertz CT molecular complexity index is 1080. The van der Waals surface area contributed by atoms with Crippen molar-refractivity contribution in [2.75, 3.05) is 27.9 Å². The number of hydrogen-bond acceptors (Lipinski definition) is 7. The molecule has 0 bridgehead atoms. The van der Waals surface area contributed by atoms with Crippen molar-refractivity contribution in [2.45, 2.75) is 26.3 Å². The van der Waals surface area contributed by atoms with Crippen molar-refractivity contribution in [3.8, 4) is 28.7 Å². The van der Waals surface area contributed by atoms with Crippen molar-refractivity contribution in [3.63, 3.8) is 0 Å². The van der Waals surface area contributed by atoms with Crippen LogP contribution in [0.25, 0.3) is 11.5 Å². The van der Waals surface area contributed by atoms with Crippen LogP contribution in [0.2, 0.25) is 0 Å². The van der Waals surface area contributed by atoms with Gasteiger partial charge in [-0.25, -0.2) is 0 Å². The van der Waals surface area contributed by atoms with E-state index in [1.54, 1.807) is 39.5 Å². The van der Waals surface area contributed by atoms with E-state index in [1.165, 1.54) is 10.5 Å². The van der Waals surface area contributed by atoms with Gasteiger partial charge in [0.25, 0.3) is 5.91 Å². The minimum absolute atomic E-state index is 0.104. The number of methoxy groups -OCH3 is 2. The number of benzene rings is 2. The first-order chi connectivity index (χ1) is 15.3. The Balaban J connectivity index is 1.60. The number of ether oxygens (including phenoxy) is 3. The molecule has 0 saturated heterocycles. The number of hydrogen-bond donors (Lipinski definition) is 0. The quantitative estimate of drug-likeness (QED) is 0.418. The molecule has 2 aromatic carbocycles. The molecule has 9 heteroatoms. The largest absolute Gasteiger partial charge is 0.493 e. The van der Waals surface area contributed by atoms with E-state index < -0.39 is 0 Å². The molecule has 170 valence electrons. The van der Waals surface area contributed by atoms with E-state index in [0.717, 1.165) is 4.47 Å². The second kappa shape index (κ2) is 10.5. The molecule has 32 heavy (non-hydrogen) atoms. The Hall–Kier alpha value is -3.07. The molecule has 1 heterocycles. The van der Waals surface area contributed by atoms with Gasteiger partial charge in [0.05, 0.1) is 25.2 Å². The molecule has 0 atom stereocenters. The van der Waals surface area contributed by atoms with Crippen LogP contribution >= 0.6 is 15.9 Å². The van der Waals surface area contributed by atoms with Crippen LogP contribution in [-0.4, -0.2) is 48.9 Å². The fraction of sp³-hybridized carbons (Fsp3) is 0.348. The molecule has 0 aliphatic rings. The SMILES string of the molecule is COc1ccc(-c2nnc(CN(C)C(=O)COc3ccc(C(C)C)cc3Br)o2)cc1OC. The van der Waals surface area contributed by atoms with E-state index in [9.17, 15) is 4.79 Å². The van der Waals surface area contributed by atoms with Crippen LogP contribution < -0.4 is 14.2 Å². The van der Waals surface area contributed by atoms with E-state index in [1.807, 2.05) is 18.2 Å². The van der Waals surface area contributed by atoms with Gasteiger partial charge in [0.15, 0.2) is 18.1 Å². The van der Waals surface area contributed by atoms with Crippen molar-refractivity contribution in [3.05, 3.63) is 52.3 Å². The van der Waals surface area contributed by atoms with Gasteiger partial charge in [-0.3, -0.25) is 4.79 Å². The molecular weight excluding hydrogens is 478 g/mol. The highest BCUT2D eigenvalue weighted by molar-refractivity contribution is 9.10. The van der Waals surface area contributed by atoms with Crippen LogP contribution in [-0.2, 0) is 11.3 Å². The number of rotatable bonds is 9. The molecule has 3 rings (SSSR count). The van der Waals surface area contributed by atoms with E-state index in [4.69, 9.17) is 18.6 Å². The molecule has 0 fully saturated rings. The van der Waals surface area contributed by atoms with Crippen LogP contribution in [0.1, 0.15) is 31.2 Å². The summed E-state index contributed by atoms with van der Waals surface area (Å²) in [5.74, 6) is 2.61. The Morgan fingerprint density at radius 1 is 1.06 bits per heavy atom. The van der Waals surface area contributed by atoms with Gasteiger partial charge in [-0.2, -0.15) is 0 Å². The van der Waals surface area contributed by atoms with Gasteiger partial charge in [-0.15, -0.1) is 10.2 Å². The minimum Gasteiger partial charge on any atom is -0.493 e. The number of halogens is 1. The molecule has 8 nitrogen and oxygen atoms in total. The zero-order chi connectivity index (χ0) is 23.3. The monoisotopic (exact) mass is 503 g/mol. The number of carbonyl (C=O) groups is 1. The summed E-state index contributed by atoms with van der Waals surface area (Å²) in [5, 5.41) is 8.11. The zero-order valence-corrected chi connectivity index (χ0v) is 20.3. The molecule has 3 aromatic rings. The third kappa shape index (κ3) is 5.59. The number of aromatic nitrogens is 2. The highest BCUT2D eigenvalue weighted by Gasteiger charge is 2.17. The van der Waals surface area contributed by atoms with Gasteiger partial charge in [-0.05, 0) is 57.7 Å². The lowest BCUT2D eigenvalue weighted by Gasteiger charge is -2.16. The average molecular weight is 504 g/mol. The number of likely N-dealkylation sites (N-methyl/N-ethyl adjacent to an activating group) is 1. The second-order valence-corrected chi connectivity index (χ2v) is 8.31.